The van der Waals surface area contributed by atoms with Crippen molar-refractivity contribution in [1.82, 2.24) is 0 Å². The zero-order chi connectivity index (χ0) is 15.1. The van der Waals surface area contributed by atoms with Crippen LogP contribution in [0.4, 0.5) is 10.1 Å². The molecule has 1 amide bonds. The lowest BCUT2D eigenvalue weighted by Crippen LogP contribution is -2.20. The summed E-state index contributed by atoms with van der Waals surface area (Å²) in [6.07, 6.45) is 2.83. The summed E-state index contributed by atoms with van der Waals surface area (Å²) in [5.74, 6) is -1.78. The lowest BCUT2D eigenvalue weighted by Gasteiger charge is -2.05. The third-order valence-electron chi connectivity index (χ3n) is 2.45. The Hall–Kier alpha value is -2.47. The Kier molecular flexibility index (Phi) is 5.22. The van der Waals surface area contributed by atoms with Gasteiger partial charge in [-0.1, -0.05) is 12.1 Å². The van der Waals surface area contributed by atoms with Crippen LogP contribution in [0.15, 0.2) is 47.2 Å². The zero-order valence-corrected chi connectivity index (χ0v) is 11.7. The van der Waals surface area contributed by atoms with E-state index in [1.807, 2.05) is 16.8 Å². The van der Waals surface area contributed by atoms with Crippen LogP contribution in [-0.4, -0.2) is 18.5 Å². The van der Waals surface area contributed by atoms with Crippen LogP contribution in [0.1, 0.15) is 5.56 Å². The van der Waals surface area contributed by atoms with Crippen molar-refractivity contribution in [3.63, 3.8) is 0 Å². The van der Waals surface area contributed by atoms with E-state index in [9.17, 15) is 14.0 Å². The highest BCUT2D eigenvalue weighted by atomic mass is 32.1. The first-order valence-corrected chi connectivity index (χ1v) is 7.01. The molecule has 0 saturated carbocycles. The molecule has 0 atom stereocenters. The van der Waals surface area contributed by atoms with Crippen molar-refractivity contribution in [2.75, 3.05) is 11.9 Å². The number of ether oxygens (including phenoxy) is 1. The molecule has 0 bridgehead atoms. The SMILES string of the molecule is O=C(COC(=O)/C=C/c1ccsc1)Nc1ccccc1F. The third-order valence-corrected chi connectivity index (χ3v) is 3.15. The van der Waals surface area contributed by atoms with Gasteiger partial charge in [-0.25, -0.2) is 9.18 Å². The van der Waals surface area contributed by atoms with Gasteiger partial charge >= 0.3 is 5.97 Å². The molecule has 0 fully saturated rings. The highest BCUT2D eigenvalue weighted by Crippen LogP contribution is 2.12. The maximum atomic E-state index is 13.3. The van der Waals surface area contributed by atoms with Gasteiger partial charge in [0.2, 0.25) is 0 Å². The molecule has 0 aliphatic rings. The van der Waals surface area contributed by atoms with Gasteiger partial charge in [0.25, 0.3) is 5.91 Å². The zero-order valence-electron chi connectivity index (χ0n) is 10.9. The van der Waals surface area contributed by atoms with E-state index in [0.29, 0.717) is 0 Å². The quantitative estimate of drug-likeness (QED) is 0.682. The minimum Gasteiger partial charge on any atom is -0.452 e. The number of para-hydroxylation sites is 1. The number of amides is 1. The van der Waals surface area contributed by atoms with Gasteiger partial charge in [0.15, 0.2) is 6.61 Å². The van der Waals surface area contributed by atoms with E-state index >= 15 is 0 Å². The number of anilines is 1. The second-order valence-electron chi connectivity index (χ2n) is 4.03. The van der Waals surface area contributed by atoms with Crippen LogP contribution in [0, 0.1) is 5.82 Å². The second kappa shape index (κ2) is 7.35. The Labute approximate surface area is 124 Å². The summed E-state index contributed by atoms with van der Waals surface area (Å²) in [4.78, 5) is 22.9. The Morgan fingerprint density at radius 1 is 1.29 bits per heavy atom. The summed E-state index contributed by atoms with van der Waals surface area (Å²) < 4.78 is 18.1. The van der Waals surface area contributed by atoms with Crippen LogP contribution in [0.2, 0.25) is 0 Å². The molecule has 1 aromatic carbocycles. The van der Waals surface area contributed by atoms with Gasteiger partial charge in [0.1, 0.15) is 5.82 Å². The van der Waals surface area contributed by atoms with E-state index < -0.39 is 24.3 Å². The molecule has 2 rings (SSSR count). The molecule has 0 radical (unpaired) electrons. The fraction of sp³-hybridized carbons (Fsp3) is 0.0667. The highest BCUT2D eigenvalue weighted by molar-refractivity contribution is 7.08. The number of thiophene rings is 1. The van der Waals surface area contributed by atoms with Crippen molar-refractivity contribution in [2.24, 2.45) is 0 Å². The van der Waals surface area contributed by atoms with Crippen molar-refractivity contribution < 1.29 is 18.7 Å². The number of hydrogen-bond acceptors (Lipinski definition) is 4. The first-order chi connectivity index (χ1) is 10.1. The molecule has 108 valence electrons. The molecular formula is C15H12FNO3S. The van der Waals surface area contributed by atoms with Crippen LogP contribution in [-0.2, 0) is 14.3 Å². The second-order valence-corrected chi connectivity index (χ2v) is 4.81. The number of halogens is 1. The molecule has 0 aliphatic carbocycles. The van der Waals surface area contributed by atoms with E-state index in [1.54, 1.807) is 12.1 Å². The summed E-state index contributed by atoms with van der Waals surface area (Å²) in [7, 11) is 0. The summed E-state index contributed by atoms with van der Waals surface area (Å²) in [6, 6.07) is 7.60. The van der Waals surface area contributed by atoms with Crippen molar-refractivity contribution in [1.29, 1.82) is 0 Å². The molecule has 0 saturated heterocycles. The van der Waals surface area contributed by atoms with Crippen LogP contribution in [0.5, 0.6) is 0 Å². The minimum absolute atomic E-state index is 0.0485. The van der Waals surface area contributed by atoms with E-state index in [4.69, 9.17) is 4.74 Å². The molecule has 1 heterocycles. The van der Waals surface area contributed by atoms with Gasteiger partial charge in [-0.15, -0.1) is 0 Å². The number of hydrogen-bond donors (Lipinski definition) is 1. The molecule has 1 N–H and O–H groups in total. The predicted octanol–water partition coefficient (Wildman–Crippen LogP) is 3.08. The minimum atomic E-state index is -0.634. The lowest BCUT2D eigenvalue weighted by atomic mass is 10.3. The molecule has 0 aliphatic heterocycles. The lowest BCUT2D eigenvalue weighted by molar-refractivity contribution is -0.142. The summed E-state index contributed by atoms with van der Waals surface area (Å²) in [6.45, 7) is -0.471. The molecule has 21 heavy (non-hydrogen) atoms. The molecule has 0 unspecified atom stereocenters. The Morgan fingerprint density at radius 2 is 2.10 bits per heavy atom. The average molecular weight is 305 g/mol. The fourth-order valence-corrected chi connectivity index (χ4v) is 2.10. The third kappa shape index (κ3) is 4.85. The molecule has 6 heteroatoms. The maximum absolute atomic E-state index is 13.3. The van der Waals surface area contributed by atoms with Crippen molar-refractivity contribution in [3.05, 3.63) is 58.5 Å². The molecule has 1 aromatic heterocycles. The first kappa shape index (κ1) is 14.9. The molecular weight excluding hydrogens is 293 g/mol. The summed E-state index contributed by atoms with van der Waals surface area (Å²) >= 11 is 1.51. The fourth-order valence-electron chi connectivity index (χ4n) is 1.47. The number of benzene rings is 1. The number of rotatable bonds is 5. The van der Waals surface area contributed by atoms with E-state index in [1.165, 1.54) is 35.6 Å². The van der Waals surface area contributed by atoms with Crippen LogP contribution >= 0.6 is 11.3 Å². The Bertz CT molecular complexity index is 653. The number of carbonyl (C=O) groups excluding carboxylic acids is 2. The van der Waals surface area contributed by atoms with Crippen LogP contribution in [0.25, 0.3) is 6.08 Å². The maximum Gasteiger partial charge on any atom is 0.331 e. The van der Waals surface area contributed by atoms with E-state index in [2.05, 4.69) is 5.32 Å². The van der Waals surface area contributed by atoms with Crippen molar-refractivity contribution >= 4 is 35.0 Å². The number of carbonyl (C=O) groups is 2. The normalized spacial score (nSPS) is 10.5. The standard InChI is InChI=1S/C15H12FNO3S/c16-12-3-1-2-4-13(12)17-14(18)9-20-15(19)6-5-11-7-8-21-10-11/h1-8,10H,9H2,(H,17,18)/b6-5+. The van der Waals surface area contributed by atoms with Gasteiger partial charge in [0.05, 0.1) is 5.69 Å². The molecule has 4 nitrogen and oxygen atoms in total. The van der Waals surface area contributed by atoms with E-state index in [-0.39, 0.29) is 5.69 Å². The topological polar surface area (TPSA) is 55.4 Å². The average Bonchev–Trinajstić information content (AvgIpc) is 2.99. The smallest absolute Gasteiger partial charge is 0.331 e. The van der Waals surface area contributed by atoms with Gasteiger partial charge < -0.3 is 10.1 Å². The molecule has 2 aromatic rings. The molecule has 0 spiro atoms. The predicted molar refractivity (Wildman–Crippen MR) is 79.3 cm³/mol. The van der Waals surface area contributed by atoms with Crippen molar-refractivity contribution in [2.45, 2.75) is 0 Å². The highest BCUT2D eigenvalue weighted by Gasteiger charge is 2.08. The Balaban J connectivity index is 1.79. The number of esters is 1. The number of nitrogens with one attached hydrogen (secondary N) is 1. The largest absolute Gasteiger partial charge is 0.452 e. The van der Waals surface area contributed by atoms with Crippen molar-refractivity contribution in [3.8, 4) is 0 Å². The summed E-state index contributed by atoms with van der Waals surface area (Å²) in [5.41, 5.74) is 0.931. The monoisotopic (exact) mass is 305 g/mol. The summed E-state index contributed by atoms with van der Waals surface area (Å²) in [5, 5.41) is 6.07. The van der Waals surface area contributed by atoms with Gasteiger partial charge in [-0.05, 0) is 40.6 Å². The Morgan fingerprint density at radius 3 is 2.81 bits per heavy atom. The van der Waals surface area contributed by atoms with Gasteiger partial charge in [0, 0.05) is 6.08 Å². The van der Waals surface area contributed by atoms with E-state index in [0.717, 1.165) is 5.56 Å². The first-order valence-electron chi connectivity index (χ1n) is 6.06. The van der Waals surface area contributed by atoms with Gasteiger partial charge in [-0.3, -0.25) is 4.79 Å². The van der Waals surface area contributed by atoms with Crippen LogP contribution in [0.3, 0.4) is 0 Å². The van der Waals surface area contributed by atoms with Crippen LogP contribution < -0.4 is 5.32 Å². The van der Waals surface area contributed by atoms with Gasteiger partial charge in [-0.2, -0.15) is 11.3 Å².